The van der Waals surface area contributed by atoms with Crippen molar-refractivity contribution in [1.29, 1.82) is 0 Å². The topological polar surface area (TPSA) is 63.8 Å². The molecule has 0 atom stereocenters. The molecule has 4 aromatic carbocycles. The third-order valence-electron chi connectivity index (χ3n) is 5.25. The lowest BCUT2D eigenvalue weighted by Gasteiger charge is -2.11. The maximum atomic E-state index is 12.3. The molecule has 1 amide bonds. The predicted octanol–water partition coefficient (Wildman–Crippen LogP) is 6.53. The molecule has 0 aliphatic carbocycles. The highest BCUT2D eigenvalue weighted by atomic mass is 127. The van der Waals surface area contributed by atoms with Crippen LogP contribution < -0.4 is 10.2 Å². The van der Waals surface area contributed by atoms with E-state index in [0.717, 1.165) is 25.8 Å². The Morgan fingerprint density at radius 3 is 2.58 bits per heavy atom. The molecular formula is C27H19IN2O3. The molecule has 0 spiro atoms. The number of halogens is 1. The van der Waals surface area contributed by atoms with E-state index in [1.807, 2.05) is 60.7 Å². The van der Waals surface area contributed by atoms with E-state index in [9.17, 15) is 4.79 Å². The van der Waals surface area contributed by atoms with Gasteiger partial charge in [0, 0.05) is 5.39 Å². The van der Waals surface area contributed by atoms with Gasteiger partial charge in [0.2, 0.25) is 0 Å². The second kappa shape index (κ2) is 9.46. The highest BCUT2D eigenvalue weighted by Gasteiger charge is 2.11. The molecule has 0 fully saturated rings. The van der Waals surface area contributed by atoms with Crippen molar-refractivity contribution in [2.24, 2.45) is 5.10 Å². The van der Waals surface area contributed by atoms with Crippen molar-refractivity contribution >= 4 is 56.5 Å². The SMILES string of the molecule is O=C(N/N=C/c1ccc(OCc2cccc3ccccc23)c(I)c1)c1cc2ccccc2o1. The molecule has 33 heavy (non-hydrogen) atoms. The van der Waals surface area contributed by atoms with Crippen molar-refractivity contribution in [2.75, 3.05) is 0 Å². The zero-order chi connectivity index (χ0) is 22.6. The molecule has 0 aliphatic rings. The van der Waals surface area contributed by atoms with Crippen molar-refractivity contribution in [2.45, 2.75) is 6.61 Å². The largest absolute Gasteiger partial charge is 0.488 e. The van der Waals surface area contributed by atoms with Gasteiger partial charge in [-0.1, -0.05) is 60.7 Å². The molecule has 6 heteroatoms. The molecule has 162 valence electrons. The van der Waals surface area contributed by atoms with Gasteiger partial charge in [-0.15, -0.1) is 0 Å². The number of benzene rings is 4. The fourth-order valence-electron chi connectivity index (χ4n) is 3.60. The average molecular weight is 546 g/mol. The monoisotopic (exact) mass is 546 g/mol. The van der Waals surface area contributed by atoms with Crippen molar-refractivity contribution in [3.8, 4) is 5.75 Å². The van der Waals surface area contributed by atoms with Crippen molar-refractivity contribution < 1.29 is 13.9 Å². The summed E-state index contributed by atoms with van der Waals surface area (Å²) >= 11 is 2.24. The van der Waals surface area contributed by atoms with Gasteiger partial charge in [-0.2, -0.15) is 5.10 Å². The number of ether oxygens (including phenoxy) is 1. The lowest BCUT2D eigenvalue weighted by molar-refractivity contribution is 0.0929. The number of fused-ring (bicyclic) bond motifs is 2. The van der Waals surface area contributed by atoms with Crippen LogP contribution in [0.5, 0.6) is 5.75 Å². The van der Waals surface area contributed by atoms with Crippen LogP contribution in [0, 0.1) is 3.57 Å². The number of carbonyl (C=O) groups is 1. The van der Waals surface area contributed by atoms with E-state index in [2.05, 4.69) is 57.4 Å². The first-order valence-corrected chi connectivity index (χ1v) is 11.5. The number of hydrazone groups is 1. The van der Waals surface area contributed by atoms with Crippen LogP contribution in [0.25, 0.3) is 21.7 Å². The normalized spacial score (nSPS) is 11.3. The van der Waals surface area contributed by atoms with E-state index < -0.39 is 5.91 Å². The Kier molecular flexibility index (Phi) is 6.08. The van der Waals surface area contributed by atoms with E-state index in [1.165, 1.54) is 10.8 Å². The number of hydrogen-bond donors (Lipinski definition) is 1. The molecule has 1 heterocycles. The Hall–Kier alpha value is -3.65. The second-order valence-corrected chi connectivity index (χ2v) is 8.63. The summed E-state index contributed by atoms with van der Waals surface area (Å²) in [5.41, 5.74) is 5.17. The lowest BCUT2D eigenvalue weighted by Crippen LogP contribution is -2.16. The maximum absolute atomic E-state index is 12.3. The minimum atomic E-state index is -0.396. The number of rotatable bonds is 6. The predicted molar refractivity (Wildman–Crippen MR) is 139 cm³/mol. The molecule has 5 aromatic rings. The van der Waals surface area contributed by atoms with E-state index >= 15 is 0 Å². The molecule has 5 rings (SSSR count). The molecule has 5 nitrogen and oxygen atoms in total. The van der Waals surface area contributed by atoms with E-state index in [1.54, 1.807) is 12.3 Å². The van der Waals surface area contributed by atoms with Gasteiger partial charge in [-0.3, -0.25) is 4.79 Å². The summed E-state index contributed by atoms with van der Waals surface area (Å²) in [7, 11) is 0. The molecule has 0 radical (unpaired) electrons. The number of carbonyl (C=O) groups excluding carboxylic acids is 1. The minimum absolute atomic E-state index is 0.222. The number of nitrogens with one attached hydrogen (secondary N) is 1. The summed E-state index contributed by atoms with van der Waals surface area (Å²) < 4.78 is 12.6. The van der Waals surface area contributed by atoms with E-state index in [0.29, 0.717) is 12.2 Å². The Morgan fingerprint density at radius 1 is 0.939 bits per heavy atom. The van der Waals surface area contributed by atoms with Crippen molar-refractivity contribution in [3.63, 3.8) is 0 Å². The van der Waals surface area contributed by atoms with Gasteiger partial charge in [0.1, 0.15) is 17.9 Å². The second-order valence-electron chi connectivity index (χ2n) is 7.46. The third-order valence-corrected chi connectivity index (χ3v) is 6.09. The maximum Gasteiger partial charge on any atom is 0.307 e. The molecule has 0 unspecified atom stereocenters. The molecule has 0 saturated carbocycles. The number of hydrogen-bond acceptors (Lipinski definition) is 4. The Morgan fingerprint density at radius 2 is 1.73 bits per heavy atom. The van der Waals surface area contributed by atoms with Crippen molar-refractivity contribution in [1.82, 2.24) is 5.43 Å². The average Bonchev–Trinajstić information content (AvgIpc) is 3.28. The molecule has 0 aliphatic heterocycles. The first-order chi connectivity index (χ1) is 16.2. The summed E-state index contributed by atoms with van der Waals surface area (Å²) in [5, 5.41) is 7.33. The highest BCUT2D eigenvalue weighted by Crippen LogP contribution is 2.25. The third kappa shape index (κ3) is 4.75. The molecule has 1 N–H and O–H groups in total. The van der Waals surface area contributed by atoms with Crippen LogP contribution in [0.2, 0.25) is 0 Å². The van der Waals surface area contributed by atoms with Crippen LogP contribution in [-0.4, -0.2) is 12.1 Å². The summed E-state index contributed by atoms with van der Waals surface area (Å²) in [6.07, 6.45) is 1.59. The smallest absolute Gasteiger partial charge is 0.307 e. The summed E-state index contributed by atoms with van der Waals surface area (Å²) in [4.78, 5) is 12.3. The van der Waals surface area contributed by atoms with E-state index in [4.69, 9.17) is 9.15 Å². The Bertz CT molecular complexity index is 1450. The van der Waals surface area contributed by atoms with Crippen molar-refractivity contribution in [3.05, 3.63) is 111 Å². The van der Waals surface area contributed by atoms with Gasteiger partial charge in [0.25, 0.3) is 0 Å². The highest BCUT2D eigenvalue weighted by molar-refractivity contribution is 14.1. The summed E-state index contributed by atoms with van der Waals surface area (Å²) in [6.45, 7) is 0.484. The summed E-state index contributed by atoms with van der Waals surface area (Å²) in [6, 6.07) is 29.5. The minimum Gasteiger partial charge on any atom is -0.488 e. The standard InChI is InChI=1S/C27H19IN2O3/c28-23-14-18(16-29-30-27(31)26-15-20-7-2-4-11-24(20)33-26)12-13-25(23)32-17-21-9-5-8-19-6-1-3-10-22(19)21/h1-16H,17H2,(H,30,31)/b29-16+. The van der Waals surface area contributed by atoms with E-state index in [-0.39, 0.29) is 5.76 Å². The number of amides is 1. The van der Waals surface area contributed by atoms with Gasteiger partial charge < -0.3 is 9.15 Å². The zero-order valence-corrected chi connectivity index (χ0v) is 19.7. The summed E-state index contributed by atoms with van der Waals surface area (Å²) in [5.74, 6) is 0.624. The molecule has 0 saturated heterocycles. The molecule has 0 bridgehead atoms. The number of para-hydroxylation sites is 1. The first kappa shape index (κ1) is 21.2. The molecule has 1 aromatic heterocycles. The van der Waals surface area contributed by atoms with Gasteiger partial charge in [-0.05, 0) is 74.8 Å². The fourth-order valence-corrected chi connectivity index (χ4v) is 4.30. The Balaban J connectivity index is 1.23. The number of nitrogens with zero attached hydrogens (tertiary/aromatic N) is 1. The van der Waals surface area contributed by atoms with Crippen LogP contribution in [0.4, 0.5) is 0 Å². The van der Waals surface area contributed by atoms with Gasteiger partial charge in [0.05, 0.1) is 9.78 Å². The van der Waals surface area contributed by atoms with Crippen LogP contribution in [0.1, 0.15) is 21.7 Å². The fraction of sp³-hybridized carbons (Fsp3) is 0.0370. The van der Waals surface area contributed by atoms with Crippen LogP contribution >= 0.6 is 22.6 Å². The van der Waals surface area contributed by atoms with Crippen LogP contribution in [-0.2, 0) is 6.61 Å². The van der Waals surface area contributed by atoms with Gasteiger partial charge in [-0.25, -0.2) is 5.43 Å². The lowest BCUT2D eigenvalue weighted by atomic mass is 10.1. The Labute approximate surface area is 204 Å². The molecular weight excluding hydrogens is 527 g/mol. The van der Waals surface area contributed by atoms with Crippen LogP contribution in [0.3, 0.4) is 0 Å². The number of furan rings is 1. The van der Waals surface area contributed by atoms with Crippen LogP contribution in [0.15, 0.2) is 101 Å². The zero-order valence-electron chi connectivity index (χ0n) is 17.5. The van der Waals surface area contributed by atoms with Gasteiger partial charge in [0.15, 0.2) is 5.76 Å². The van der Waals surface area contributed by atoms with Gasteiger partial charge >= 0.3 is 5.91 Å². The quantitative estimate of drug-likeness (QED) is 0.150. The first-order valence-electron chi connectivity index (χ1n) is 10.4.